The number of carbonyl (C=O) groups excluding carboxylic acids is 2. The van der Waals surface area contributed by atoms with Crippen LogP contribution in [0.2, 0.25) is 0 Å². The van der Waals surface area contributed by atoms with Gasteiger partial charge in [-0.2, -0.15) is 0 Å². The second-order valence-electron chi connectivity index (χ2n) is 10.5. The molecule has 3 aromatic rings. The van der Waals surface area contributed by atoms with Gasteiger partial charge in [-0.15, -0.1) is 5.10 Å². The minimum absolute atomic E-state index is 0.0579. The molecular formula is C31H38N4O5. The number of ether oxygens (including phenoxy) is 3. The molecule has 0 N–H and O–H groups in total. The van der Waals surface area contributed by atoms with Crippen LogP contribution in [0.25, 0.3) is 0 Å². The fourth-order valence-corrected chi connectivity index (χ4v) is 5.61. The fraction of sp³-hybridized carbons (Fsp3) is 0.484. The highest BCUT2D eigenvalue weighted by atomic mass is 16.5. The molecule has 0 atom stereocenters. The lowest BCUT2D eigenvalue weighted by atomic mass is 9.82. The van der Waals surface area contributed by atoms with Gasteiger partial charge in [0.15, 0.2) is 0 Å². The first-order valence-electron chi connectivity index (χ1n) is 14.3. The molecule has 212 valence electrons. The third-order valence-electron chi connectivity index (χ3n) is 7.87. The van der Waals surface area contributed by atoms with E-state index in [-0.39, 0.29) is 24.3 Å². The Morgan fingerprint density at radius 2 is 1.62 bits per heavy atom. The van der Waals surface area contributed by atoms with Crippen LogP contribution in [0.3, 0.4) is 0 Å². The Bertz CT molecular complexity index is 1270. The maximum Gasteiger partial charge on any atom is 0.364 e. The predicted octanol–water partition coefficient (Wildman–Crippen LogP) is 5.24. The average molecular weight is 547 g/mol. The van der Waals surface area contributed by atoms with Gasteiger partial charge in [-0.1, -0.05) is 29.5 Å². The Morgan fingerprint density at radius 3 is 2.27 bits per heavy atom. The van der Waals surface area contributed by atoms with Crippen LogP contribution >= 0.6 is 0 Å². The van der Waals surface area contributed by atoms with Gasteiger partial charge in [0, 0.05) is 18.7 Å². The van der Waals surface area contributed by atoms with Crippen molar-refractivity contribution >= 4 is 11.9 Å². The van der Waals surface area contributed by atoms with Crippen molar-refractivity contribution in [3.63, 3.8) is 0 Å². The smallest absolute Gasteiger partial charge is 0.364 e. The SMILES string of the molecule is CCOC(=O)c1nnn(Cc2ccc(OC)cc2)c1OC1CCC(c2ccc(C(=O)N3CCCCC3)cc2)CC1. The lowest BCUT2D eigenvalue weighted by Gasteiger charge is -2.29. The van der Waals surface area contributed by atoms with Crippen molar-refractivity contribution < 1.29 is 23.8 Å². The topological polar surface area (TPSA) is 95.8 Å². The van der Waals surface area contributed by atoms with E-state index in [2.05, 4.69) is 22.4 Å². The number of esters is 1. The van der Waals surface area contributed by atoms with Crippen LogP contribution in [-0.4, -0.2) is 64.7 Å². The number of rotatable bonds is 9. The van der Waals surface area contributed by atoms with Gasteiger partial charge in [0.05, 0.1) is 20.3 Å². The van der Waals surface area contributed by atoms with Gasteiger partial charge in [-0.25, -0.2) is 9.48 Å². The molecule has 2 fully saturated rings. The summed E-state index contributed by atoms with van der Waals surface area (Å²) in [5, 5.41) is 8.33. The summed E-state index contributed by atoms with van der Waals surface area (Å²) in [7, 11) is 1.63. The van der Waals surface area contributed by atoms with Crippen LogP contribution in [0.4, 0.5) is 0 Å². The lowest BCUT2D eigenvalue weighted by Crippen LogP contribution is -2.35. The molecule has 9 heteroatoms. The molecule has 2 aliphatic rings. The number of carbonyl (C=O) groups is 2. The largest absolute Gasteiger partial charge is 0.497 e. The lowest BCUT2D eigenvalue weighted by molar-refractivity contribution is 0.0506. The number of hydrogen-bond donors (Lipinski definition) is 0. The van der Waals surface area contributed by atoms with E-state index in [1.54, 1.807) is 18.7 Å². The van der Waals surface area contributed by atoms with E-state index in [0.29, 0.717) is 18.3 Å². The standard InChI is InChI=1S/C31H38N4O5/c1-3-39-31(37)28-30(35(33-32-28)21-22-7-15-26(38-2)16-8-22)40-27-17-13-24(14-18-27)23-9-11-25(12-10-23)29(36)34-19-5-4-6-20-34/h7-12,15-16,24,27H,3-6,13-14,17-21H2,1-2H3. The van der Waals surface area contributed by atoms with E-state index in [1.165, 1.54) is 12.0 Å². The van der Waals surface area contributed by atoms with Crippen LogP contribution in [0, 0.1) is 0 Å². The molecule has 5 rings (SSSR count). The Kier molecular flexibility index (Phi) is 8.98. The molecule has 2 aromatic carbocycles. The predicted molar refractivity (Wildman–Crippen MR) is 150 cm³/mol. The molecule has 40 heavy (non-hydrogen) atoms. The van der Waals surface area contributed by atoms with E-state index < -0.39 is 5.97 Å². The average Bonchev–Trinajstić information content (AvgIpc) is 3.40. The highest BCUT2D eigenvalue weighted by Gasteiger charge is 2.29. The Labute approximate surface area is 235 Å². The summed E-state index contributed by atoms with van der Waals surface area (Å²) in [6, 6.07) is 15.8. The summed E-state index contributed by atoms with van der Waals surface area (Å²) in [5.41, 5.74) is 3.11. The van der Waals surface area contributed by atoms with E-state index in [9.17, 15) is 9.59 Å². The normalized spacial score (nSPS) is 19.2. The van der Waals surface area contributed by atoms with Crippen molar-refractivity contribution in [3.8, 4) is 11.6 Å². The van der Waals surface area contributed by atoms with Gasteiger partial charge < -0.3 is 19.1 Å². The summed E-state index contributed by atoms with van der Waals surface area (Å²) in [6.07, 6.45) is 6.93. The number of nitrogens with zero attached hydrogens (tertiary/aromatic N) is 4. The van der Waals surface area contributed by atoms with Gasteiger partial charge >= 0.3 is 5.97 Å². The maximum atomic E-state index is 12.8. The van der Waals surface area contributed by atoms with Crippen molar-refractivity contribution in [2.24, 2.45) is 0 Å². The van der Waals surface area contributed by atoms with Crippen molar-refractivity contribution in [1.82, 2.24) is 19.9 Å². The Morgan fingerprint density at radius 1 is 0.925 bits per heavy atom. The van der Waals surface area contributed by atoms with Crippen LogP contribution in [0.15, 0.2) is 48.5 Å². The Hall–Kier alpha value is -3.88. The van der Waals surface area contributed by atoms with Crippen molar-refractivity contribution in [2.45, 2.75) is 70.4 Å². The third kappa shape index (κ3) is 6.46. The van der Waals surface area contributed by atoms with Crippen molar-refractivity contribution in [3.05, 3.63) is 70.9 Å². The minimum atomic E-state index is -0.536. The molecule has 1 saturated carbocycles. The number of piperidine rings is 1. The van der Waals surface area contributed by atoms with Crippen molar-refractivity contribution in [1.29, 1.82) is 0 Å². The van der Waals surface area contributed by atoms with Gasteiger partial charge in [0.2, 0.25) is 11.6 Å². The minimum Gasteiger partial charge on any atom is -0.497 e. The number of methoxy groups -OCH3 is 1. The van der Waals surface area contributed by atoms with Crippen LogP contribution in [-0.2, 0) is 11.3 Å². The van der Waals surface area contributed by atoms with Gasteiger partial charge in [0.25, 0.3) is 5.91 Å². The first kappa shape index (κ1) is 27.7. The summed E-state index contributed by atoms with van der Waals surface area (Å²) in [4.78, 5) is 27.4. The quantitative estimate of drug-likeness (QED) is 0.339. The molecule has 1 aromatic heterocycles. The summed E-state index contributed by atoms with van der Waals surface area (Å²) in [5.74, 6) is 1.13. The molecule has 9 nitrogen and oxygen atoms in total. The molecule has 0 radical (unpaired) electrons. The summed E-state index contributed by atoms with van der Waals surface area (Å²) >= 11 is 0. The molecule has 1 aliphatic carbocycles. The number of likely N-dealkylation sites (tertiary alicyclic amines) is 1. The summed E-state index contributed by atoms with van der Waals surface area (Å²) < 4.78 is 18.5. The van der Waals surface area contributed by atoms with E-state index >= 15 is 0 Å². The zero-order chi connectivity index (χ0) is 27.9. The highest BCUT2D eigenvalue weighted by molar-refractivity contribution is 5.94. The highest BCUT2D eigenvalue weighted by Crippen LogP contribution is 2.35. The Balaban J connectivity index is 1.22. The zero-order valence-corrected chi connectivity index (χ0v) is 23.4. The first-order valence-corrected chi connectivity index (χ1v) is 14.3. The molecule has 1 amide bonds. The van der Waals surface area contributed by atoms with E-state index in [1.807, 2.05) is 41.3 Å². The number of benzene rings is 2. The molecular weight excluding hydrogens is 508 g/mol. The van der Waals surface area contributed by atoms with Gasteiger partial charge in [-0.05, 0) is 93.2 Å². The van der Waals surface area contributed by atoms with E-state index in [4.69, 9.17) is 14.2 Å². The fourth-order valence-electron chi connectivity index (χ4n) is 5.61. The van der Waals surface area contributed by atoms with Crippen molar-refractivity contribution in [2.75, 3.05) is 26.8 Å². The number of hydrogen-bond acceptors (Lipinski definition) is 7. The van der Waals surface area contributed by atoms with Crippen LogP contribution in [0.1, 0.15) is 89.8 Å². The molecule has 1 saturated heterocycles. The molecule has 0 spiro atoms. The molecule has 0 bridgehead atoms. The summed E-state index contributed by atoms with van der Waals surface area (Å²) in [6.45, 7) is 4.13. The van der Waals surface area contributed by atoms with Crippen LogP contribution < -0.4 is 9.47 Å². The first-order chi connectivity index (χ1) is 19.6. The molecule has 0 unspecified atom stereocenters. The molecule has 1 aliphatic heterocycles. The van der Waals surface area contributed by atoms with Gasteiger partial charge in [0.1, 0.15) is 11.9 Å². The van der Waals surface area contributed by atoms with Gasteiger partial charge in [-0.3, -0.25) is 4.79 Å². The number of amides is 1. The molecule has 2 heterocycles. The second-order valence-corrected chi connectivity index (χ2v) is 10.5. The third-order valence-corrected chi connectivity index (χ3v) is 7.87. The number of aromatic nitrogens is 3. The monoisotopic (exact) mass is 546 g/mol. The van der Waals surface area contributed by atoms with E-state index in [0.717, 1.165) is 68.5 Å². The maximum absolute atomic E-state index is 12.8. The van der Waals surface area contributed by atoms with Crippen LogP contribution in [0.5, 0.6) is 11.6 Å². The zero-order valence-electron chi connectivity index (χ0n) is 23.4. The second kappa shape index (κ2) is 13.0.